The van der Waals surface area contributed by atoms with Gasteiger partial charge in [0.25, 0.3) is 0 Å². The topological polar surface area (TPSA) is 126 Å². The molecule has 0 aromatic rings. The van der Waals surface area contributed by atoms with Crippen LogP contribution in [0.3, 0.4) is 0 Å². The van der Waals surface area contributed by atoms with E-state index in [4.69, 9.17) is 23.3 Å². The summed E-state index contributed by atoms with van der Waals surface area (Å²) in [7, 11) is -3.48. The Balaban J connectivity index is 4.37. The Morgan fingerprint density at radius 2 is 1.61 bits per heavy atom. The molecular weight excluding hydrogens is 393 g/mol. The Bertz CT molecular complexity index is 559. The standard InChI is InChI=1S/C17H32NO9P/c1-7-14(19)23-11-13(26-15(20)8-2)12-25-28(6,22)24-10-9-18-16(21)27-17(3,4)5/h13H,7-12H2,1-6H3,(H,18,21). The van der Waals surface area contributed by atoms with Gasteiger partial charge < -0.3 is 28.6 Å². The van der Waals surface area contributed by atoms with Gasteiger partial charge in [-0.1, -0.05) is 13.8 Å². The lowest BCUT2D eigenvalue weighted by Gasteiger charge is -2.21. The zero-order valence-corrected chi connectivity index (χ0v) is 18.3. The Morgan fingerprint density at radius 3 is 2.14 bits per heavy atom. The number of nitrogens with one attached hydrogen (secondary N) is 1. The van der Waals surface area contributed by atoms with E-state index in [1.807, 2.05) is 0 Å². The summed E-state index contributed by atoms with van der Waals surface area (Å²) in [4.78, 5) is 34.2. The van der Waals surface area contributed by atoms with Crippen LogP contribution in [0.5, 0.6) is 0 Å². The molecule has 0 aliphatic carbocycles. The molecule has 1 amide bonds. The van der Waals surface area contributed by atoms with Crippen molar-refractivity contribution < 1.29 is 42.2 Å². The van der Waals surface area contributed by atoms with Crippen LogP contribution in [0.2, 0.25) is 0 Å². The molecule has 2 unspecified atom stereocenters. The van der Waals surface area contributed by atoms with Gasteiger partial charge in [-0.15, -0.1) is 0 Å². The van der Waals surface area contributed by atoms with Crippen molar-refractivity contribution in [3.8, 4) is 0 Å². The van der Waals surface area contributed by atoms with Gasteiger partial charge in [-0.3, -0.25) is 14.2 Å². The Labute approximate surface area is 166 Å². The van der Waals surface area contributed by atoms with Crippen molar-refractivity contribution in [2.24, 2.45) is 0 Å². The second kappa shape index (κ2) is 12.7. The lowest BCUT2D eigenvalue weighted by Crippen LogP contribution is -2.34. The molecule has 2 atom stereocenters. The molecule has 0 saturated carbocycles. The van der Waals surface area contributed by atoms with Crippen molar-refractivity contribution in [1.82, 2.24) is 5.32 Å². The van der Waals surface area contributed by atoms with E-state index in [2.05, 4.69) is 5.32 Å². The molecule has 0 heterocycles. The van der Waals surface area contributed by atoms with Crippen LogP contribution in [-0.2, 0) is 37.4 Å². The number of amides is 1. The maximum atomic E-state index is 12.3. The third-order valence-corrected chi connectivity index (χ3v) is 4.17. The van der Waals surface area contributed by atoms with Crippen LogP contribution in [-0.4, -0.2) is 62.8 Å². The number of hydrogen-bond donors (Lipinski definition) is 1. The van der Waals surface area contributed by atoms with Gasteiger partial charge in [0.2, 0.25) is 0 Å². The number of carbonyl (C=O) groups is 3. The third kappa shape index (κ3) is 14.4. The number of ether oxygens (including phenoxy) is 3. The average molecular weight is 425 g/mol. The molecule has 11 heteroatoms. The molecular formula is C17H32NO9P. The zero-order valence-electron chi connectivity index (χ0n) is 17.4. The Morgan fingerprint density at radius 1 is 1.00 bits per heavy atom. The highest BCUT2D eigenvalue weighted by atomic mass is 31.2. The maximum Gasteiger partial charge on any atom is 0.407 e. The molecule has 164 valence electrons. The van der Waals surface area contributed by atoms with Crippen LogP contribution in [0.4, 0.5) is 4.79 Å². The molecule has 0 saturated heterocycles. The van der Waals surface area contributed by atoms with Crippen molar-refractivity contribution in [3.05, 3.63) is 0 Å². The summed E-state index contributed by atoms with van der Waals surface area (Å²) >= 11 is 0. The first-order chi connectivity index (χ1) is 12.9. The molecule has 10 nitrogen and oxygen atoms in total. The minimum atomic E-state index is -3.48. The minimum absolute atomic E-state index is 0.0679. The fourth-order valence-corrected chi connectivity index (χ4v) is 2.54. The number of carbonyl (C=O) groups excluding carboxylic acids is 3. The van der Waals surface area contributed by atoms with Gasteiger partial charge in [0.1, 0.15) is 12.2 Å². The highest BCUT2D eigenvalue weighted by Crippen LogP contribution is 2.43. The van der Waals surface area contributed by atoms with E-state index in [9.17, 15) is 18.9 Å². The first-order valence-corrected chi connectivity index (χ1v) is 11.1. The van der Waals surface area contributed by atoms with E-state index in [1.54, 1.807) is 34.6 Å². The quantitative estimate of drug-likeness (QED) is 0.217. The van der Waals surface area contributed by atoms with Gasteiger partial charge in [-0.2, -0.15) is 0 Å². The second-order valence-electron chi connectivity index (χ2n) is 6.83. The van der Waals surface area contributed by atoms with Gasteiger partial charge in [0.05, 0.1) is 13.2 Å². The first-order valence-electron chi connectivity index (χ1n) is 9.07. The van der Waals surface area contributed by atoms with Gasteiger partial charge in [-0.05, 0) is 20.8 Å². The van der Waals surface area contributed by atoms with Gasteiger partial charge in [0.15, 0.2) is 6.10 Å². The van der Waals surface area contributed by atoms with Crippen molar-refractivity contribution >= 4 is 25.6 Å². The summed E-state index contributed by atoms with van der Waals surface area (Å²) in [6.45, 7) is 9.21. The summed E-state index contributed by atoms with van der Waals surface area (Å²) in [5, 5.41) is 2.46. The van der Waals surface area contributed by atoms with Crippen molar-refractivity contribution in [2.75, 3.05) is 33.0 Å². The van der Waals surface area contributed by atoms with E-state index in [0.29, 0.717) is 0 Å². The van der Waals surface area contributed by atoms with E-state index in [1.165, 1.54) is 6.66 Å². The molecule has 0 fully saturated rings. The van der Waals surface area contributed by atoms with Crippen LogP contribution >= 0.6 is 7.60 Å². The summed E-state index contributed by atoms with van der Waals surface area (Å²) in [6, 6.07) is 0. The summed E-state index contributed by atoms with van der Waals surface area (Å²) in [5.41, 5.74) is -0.625. The van der Waals surface area contributed by atoms with E-state index in [-0.39, 0.29) is 39.2 Å². The van der Waals surface area contributed by atoms with Crippen LogP contribution in [0.15, 0.2) is 0 Å². The van der Waals surface area contributed by atoms with Crippen LogP contribution < -0.4 is 5.32 Å². The zero-order chi connectivity index (χ0) is 21.8. The number of alkyl carbamates (subject to hydrolysis) is 1. The first kappa shape index (κ1) is 26.4. The van der Waals surface area contributed by atoms with Crippen molar-refractivity contribution in [1.29, 1.82) is 0 Å². The van der Waals surface area contributed by atoms with Crippen molar-refractivity contribution in [3.63, 3.8) is 0 Å². The molecule has 0 rings (SSSR count). The predicted octanol–water partition coefficient (Wildman–Crippen LogP) is 2.64. The summed E-state index contributed by atoms with van der Waals surface area (Å²) in [5.74, 6) is -0.962. The van der Waals surface area contributed by atoms with Gasteiger partial charge >= 0.3 is 25.6 Å². The number of rotatable bonds is 12. The summed E-state index contributed by atoms with van der Waals surface area (Å²) < 4.78 is 37.8. The van der Waals surface area contributed by atoms with E-state index < -0.39 is 37.3 Å². The maximum absolute atomic E-state index is 12.3. The largest absolute Gasteiger partial charge is 0.462 e. The Hall–Kier alpha value is -1.64. The second-order valence-corrected chi connectivity index (χ2v) is 8.89. The lowest BCUT2D eigenvalue weighted by molar-refractivity contribution is -0.160. The highest BCUT2D eigenvalue weighted by Gasteiger charge is 2.23. The van der Waals surface area contributed by atoms with Gasteiger partial charge in [0, 0.05) is 26.1 Å². The summed E-state index contributed by atoms with van der Waals surface area (Å²) in [6.07, 6.45) is -1.21. The van der Waals surface area contributed by atoms with E-state index >= 15 is 0 Å². The molecule has 28 heavy (non-hydrogen) atoms. The fraction of sp³-hybridized carbons (Fsp3) is 0.824. The van der Waals surface area contributed by atoms with Crippen LogP contribution in [0.1, 0.15) is 47.5 Å². The number of esters is 2. The molecule has 0 bridgehead atoms. The average Bonchev–Trinajstić information content (AvgIpc) is 2.59. The van der Waals surface area contributed by atoms with Crippen LogP contribution in [0.25, 0.3) is 0 Å². The highest BCUT2D eigenvalue weighted by molar-refractivity contribution is 7.52. The fourth-order valence-electron chi connectivity index (χ4n) is 1.61. The number of hydrogen-bond acceptors (Lipinski definition) is 9. The molecule has 0 aromatic carbocycles. The smallest absolute Gasteiger partial charge is 0.407 e. The molecule has 0 aliphatic heterocycles. The normalized spacial score (nSPS) is 14.5. The van der Waals surface area contributed by atoms with Crippen LogP contribution in [0, 0.1) is 0 Å². The molecule has 0 aliphatic rings. The molecule has 0 aromatic heterocycles. The third-order valence-electron chi connectivity index (χ3n) is 2.90. The lowest BCUT2D eigenvalue weighted by atomic mass is 10.2. The SMILES string of the molecule is CCC(=O)OCC(COP(C)(=O)OCCNC(=O)OC(C)(C)C)OC(=O)CC. The molecule has 1 N–H and O–H groups in total. The van der Waals surface area contributed by atoms with Crippen molar-refractivity contribution in [2.45, 2.75) is 59.2 Å². The van der Waals surface area contributed by atoms with Gasteiger partial charge in [-0.25, -0.2) is 4.79 Å². The molecule has 0 radical (unpaired) electrons. The predicted molar refractivity (Wildman–Crippen MR) is 101 cm³/mol. The minimum Gasteiger partial charge on any atom is -0.462 e. The van der Waals surface area contributed by atoms with E-state index in [0.717, 1.165) is 0 Å². The Kier molecular flexibility index (Phi) is 12.0. The monoisotopic (exact) mass is 425 g/mol. The molecule has 0 spiro atoms.